The molecule has 35 heavy (non-hydrogen) atoms. The molecule has 0 spiro atoms. The molecule has 2 aliphatic rings. The second-order valence-corrected chi connectivity index (χ2v) is 9.78. The Morgan fingerprint density at radius 1 is 1.03 bits per heavy atom. The van der Waals surface area contributed by atoms with Crippen LogP contribution in [-0.4, -0.2) is 39.0 Å². The Hall–Kier alpha value is -3.71. The molecule has 0 bridgehead atoms. The van der Waals surface area contributed by atoms with Crippen LogP contribution in [0.1, 0.15) is 30.0 Å². The number of carbonyl (C=O) groups is 2. The second-order valence-electron chi connectivity index (χ2n) is 8.61. The first-order chi connectivity index (χ1) is 17.0. The summed E-state index contributed by atoms with van der Waals surface area (Å²) in [5, 5.41) is 3.07. The molecular formula is C28H26N4O2S. The number of carbonyl (C=O) groups excluding carboxylic acids is 2. The molecule has 2 atom stereocenters. The molecule has 3 aromatic carbocycles. The van der Waals surface area contributed by atoms with Crippen LogP contribution in [0.3, 0.4) is 0 Å². The van der Waals surface area contributed by atoms with Crippen molar-refractivity contribution in [1.29, 1.82) is 0 Å². The Morgan fingerprint density at radius 2 is 1.74 bits per heavy atom. The summed E-state index contributed by atoms with van der Waals surface area (Å²) in [6.07, 6.45) is 1.11. The van der Waals surface area contributed by atoms with Crippen molar-refractivity contribution in [3.05, 3.63) is 95.6 Å². The minimum absolute atomic E-state index is 0.113. The molecule has 176 valence electrons. The van der Waals surface area contributed by atoms with E-state index in [0.717, 1.165) is 28.1 Å². The van der Waals surface area contributed by atoms with Crippen LogP contribution in [0.25, 0.3) is 0 Å². The van der Waals surface area contributed by atoms with Crippen molar-refractivity contribution in [1.82, 2.24) is 4.90 Å². The number of amides is 2. The van der Waals surface area contributed by atoms with E-state index in [2.05, 4.69) is 5.32 Å². The molecule has 0 saturated heterocycles. The van der Waals surface area contributed by atoms with E-state index in [1.165, 1.54) is 11.8 Å². The first-order valence-corrected chi connectivity index (χ1v) is 12.6. The summed E-state index contributed by atoms with van der Waals surface area (Å²) in [5.74, 6) is 0.380. The monoisotopic (exact) mass is 482 g/mol. The number of para-hydroxylation sites is 1. The molecule has 3 aromatic rings. The molecule has 0 fully saturated rings. The zero-order valence-corrected chi connectivity index (χ0v) is 20.5. The molecule has 0 radical (unpaired) electrons. The summed E-state index contributed by atoms with van der Waals surface area (Å²) in [5.41, 5.74) is 4.52. The third kappa shape index (κ3) is 4.77. The first kappa shape index (κ1) is 23.1. The Balaban J connectivity index is 1.42. The van der Waals surface area contributed by atoms with Gasteiger partial charge in [-0.2, -0.15) is 0 Å². The van der Waals surface area contributed by atoms with Gasteiger partial charge in [-0.25, -0.2) is 9.89 Å². The van der Waals surface area contributed by atoms with E-state index in [4.69, 9.17) is 9.98 Å². The number of benzene rings is 3. The number of hydrogen-bond acceptors (Lipinski definition) is 5. The van der Waals surface area contributed by atoms with Gasteiger partial charge in [0.25, 0.3) is 5.91 Å². The lowest BCUT2D eigenvalue weighted by atomic mass is 10.1. The molecule has 0 unspecified atom stereocenters. The predicted octanol–water partition coefficient (Wildman–Crippen LogP) is 5.35. The average molecular weight is 483 g/mol. The van der Waals surface area contributed by atoms with Crippen LogP contribution in [0.2, 0.25) is 0 Å². The van der Waals surface area contributed by atoms with Crippen LogP contribution in [0.15, 0.2) is 88.8 Å². The van der Waals surface area contributed by atoms with Gasteiger partial charge in [0.1, 0.15) is 11.9 Å². The number of thioether (sulfide) groups is 1. The minimum atomic E-state index is -0.522. The fraction of sp³-hybridized carbons (Fsp3) is 0.214. The number of anilines is 1. The Kier molecular flexibility index (Phi) is 6.51. The van der Waals surface area contributed by atoms with Crippen molar-refractivity contribution < 1.29 is 9.59 Å². The van der Waals surface area contributed by atoms with Gasteiger partial charge >= 0.3 is 0 Å². The van der Waals surface area contributed by atoms with E-state index in [9.17, 15) is 9.59 Å². The lowest BCUT2D eigenvalue weighted by Gasteiger charge is -2.27. The van der Waals surface area contributed by atoms with Crippen LogP contribution in [0, 0.1) is 6.92 Å². The number of aryl methyl sites for hydroxylation is 1. The smallest absolute Gasteiger partial charge is 0.259 e. The Labute approximate surface area is 209 Å². The Morgan fingerprint density at radius 3 is 2.49 bits per heavy atom. The molecule has 2 heterocycles. The molecule has 0 aliphatic carbocycles. The zero-order chi connectivity index (χ0) is 24.4. The Bertz CT molecular complexity index is 1320. The number of nitrogens with zero attached hydrogens (tertiary/aromatic N) is 3. The summed E-state index contributed by atoms with van der Waals surface area (Å²) in [7, 11) is 0. The third-order valence-electron chi connectivity index (χ3n) is 6.05. The van der Waals surface area contributed by atoms with Gasteiger partial charge in [-0.05, 0) is 43.2 Å². The average Bonchev–Trinajstić information content (AvgIpc) is 3.20. The van der Waals surface area contributed by atoms with Crippen molar-refractivity contribution in [2.45, 2.75) is 38.0 Å². The van der Waals surface area contributed by atoms with Crippen molar-refractivity contribution in [2.24, 2.45) is 9.98 Å². The number of amidine groups is 2. The molecule has 6 nitrogen and oxygen atoms in total. The maximum atomic E-state index is 13.5. The van der Waals surface area contributed by atoms with Crippen molar-refractivity contribution in [2.75, 3.05) is 5.32 Å². The van der Waals surface area contributed by atoms with Gasteiger partial charge in [-0.3, -0.25) is 14.6 Å². The number of aliphatic imine (C=N–C) groups is 2. The van der Waals surface area contributed by atoms with Crippen LogP contribution in [-0.2, 0) is 16.0 Å². The van der Waals surface area contributed by atoms with E-state index in [1.54, 1.807) is 4.90 Å². The molecular weight excluding hydrogens is 456 g/mol. The molecule has 2 aliphatic heterocycles. The molecule has 7 heteroatoms. The van der Waals surface area contributed by atoms with E-state index in [1.807, 2.05) is 92.7 Å². The molecule has 0 aromatic heterocycles. The summed E-state index contributed by atoms with van der Waals surface area (Å²) < 4.78 is 0. The minimum Gasteiger partial charge on any atom is -0.325 e. The van der Waals surface area contributed by atoms with Gasteiger partial charge in [0, 0.05) is 17.7 Å². The van der Waals surface area contributed by atoms with Gasteiger partial charge in [0.15, 0.2) is 5.17 Å². The topological polar surface area (TPSA) is 74.1 Å². The van der Waals surface area contributed by atoms with Crippen molar-refractivity contribution >= 4 is 46.0 Å². The maximum Gasteiger partial charge on any atom is 0.259 e. The predicted molar refractivity (Wildman–Crippen MR) is 142 cm³/mol. The van der Waals surface area contributed by atoms with Crippen LogP contribution in [0.4, 0.5) is 11.4 Å². The fourth-order valence-corrected chi connectivity index (χ4v) is 5.18. The highest BCUT2D eigenvalue weighted by Crippen LogP contribution is 2.36. The van der Waals surface area contributed by atoms with Crippen molar-refractivity contribution in [3.63, 3.8) is 0 Å². The van der Waals surface area contributed by atoms with Crippen LogP contribution >= 0.6 is 11.8 Å². The van der Waals surface area contributed by atoms with Crippen molar-refractivity contribution in [3.8, 4) is 0 Å². The van der Waals surface area contributed by atoms with E-state index in [-0.39, 0.29) is 11.8 Å². The van der Waals surface area contributed by atoms with E-state index < -0.39 is 11.3 Å². The highest BCUT2D eigenvalue weighted by molar-refractivity contribution is 8.15. The first-order valence-electron chi connectivity index (χ1n) is 11.7. The lowest BCUT2D eigenvalue weighted by Crippen LogP contribution is -2.42. The second kappa shape index (κ2) is 9.88. The van der Waals surface area contributed by atoms with Gasteiger partial charge in [0.05, 0.1) is 10.9 Å². The molecule has 1 N–H and O–H groups in total. The van der Waals surface area contributed by atoms with E-state index >= 15 is 0 Å². The SMILES string of the molecule is CC[C@H](SC1=Nc2ccccc2C2=N[C@@H](Cc3ccccc3)C(=O)N12)C(=O)Nc1ccc(C)cc1. The fourth-order valence-electron chi connectivity index (χ4n) is 4.16. The third-order valence-corrected chi connectivity index (χ3v) is 7.37. The number of nitrogens with one attached hydrogen (secondary N) is 1. The van der Waals surface area contributed by atoms with Crippen LogP contribution in [0.5, 0.6) is 0 Å². The summed E-state index contributed by atoms with van der Waals surface area (Å²) in [4.78, 5) is 37.9. The molecule has 2 amide bonds. The standard InChI is InChI=1S/C28H26N4O2S/c1-3-24(26(33)29-20-15-13-18(2)14-16-20)35-28-31-22-12-8-7-11-21(22)25-30-23(27(34)32(25)28)17-19-9-5-4-6-10-19/h4-16,23-24H,3,17H2,1-2H3,(H,29,33)/t23-,24-/m0/s1. The summed E-state index contributed by atoms with van der Waals surface area (Å²) in [6.45, 7) is 3.97. The number of hydrogen-bond donors (Lipinski definition) is 1. The van der Waals surface area contributed by atoms with Gasteiger partial charge in [-0.1, -0.05) is 78.8 Å². The number of rotatable bonds is 6. The van der Waals surface area contributed by atoms with Gasteiger partial charge < -0.3 is 5.32 Å². The largest absolute Gasteiger partial charge is 0.325 e. The summed E-state index contributed by atoms with van der Waals surface area (Å²) in [6, 6.07) is 24.8. The van der Waals surface area contributed by atoms with E-state index in [0.29, 0.717) is 23.8 Å². The number of fused-ring (bicyclic) bond motifs is 3. The van der Waals surface area contributed by atoms with Gasteiger partial charge in [0.2, 0.25) is 5.91 Å². The normalized spacial score (nSPS) is 17.3. The zero-order valence-electron chi connectivity index (χ0n) is 19.6. The highest BCUT2D eigenvalue weighted by Gasteiger charge is 2.42. The molecule has 0 saturated carbocycles. The quantitative estimate of drug-likeness (QED) is 0.515. The maximum absolute atomic E-state index is 13.5. The summed E-state index contributed by atoms with van der Waals surface area (Å²) >= 11 is 1.31. The highest BCUT2D eigenvalue weighted by atomic mass is 32.2. The van der Waals surface area contributed by atoms with Gasteiger partial charge in [-0.15, -0.1) is 0 Å². The van der Waals surface area contributed by atoms with Crippen LogP contribution < -0.4 is 5.32 Å². The molecule has 5 rings (SSSR count). The lowest BCUT2D eigenvalue weighted by molar-refractivity contribution is -0.124.